The minimum atomic E-state index is -0.459. The number of piperidine rings is 1. The van der Waals surface area contributed by atoms with E-state index in [9.17, 15) is 4.79 Å². The lowest BCUT2D eigenvalue weighted by atomic mass is 9.90. The Kier molecular flexibility index (Phi) is 6.94. The number of carbonyl (C=O) groups excluding carboxylic acids is 1. The van der Waals surface area contributed by atoms with Crippen LogP contribution in [0.5, 0.6) is 5.88 Å². The van der Waals surface area contributed by atoms with Crippen molar-refractivity contribution in [2.45, 2.75) is 52.1 Å². The molecule has 5 nitrogen and oxygen atoms in total. The zero-order chi connectivity index (χ0) is 21.2. The van der Waals surface area contributed by atoms with Crippen LogP contribution in [0.15, 0.2) is 22.7 Å². The fourth-order valence-corrected chi connectivity index (χ4v) is 4.37. The van der Waals surface area contributed by atoms with Gasteiger partial charge in [0.1, 0.15) is 5.60 Å². The summed E-state index contributed by atoms with van der Waals surface area (Å²) in [6.07, 6.45) is 3.50. The normalized spacial score (nSPS) is 15.6. The third-order valence-corrected chi connectivity index (χ3v) is 6.13. The summed E-state index contributed by atoms with van der Waals surface area (Å²) in [6, 6.07) is 5.88. The van der Waals surface area contributed by atoms with Crippen LogP contribution in [0.1, 0.15) is 45.6 Å². The Balaban J connectivity index is 1.64. The second-order valence-electron chi connectivity index (χ2n) is 8.52. The first kappa shape index (κ1) is 22.2. The number of hydrogen-bond acceptors (Lipinski definition) is 4. The van der Waals surface area contributed by atoms with Gasteiger partial charge in [0.25, 0.3) is 0 Å². The molecule has 2 aromatic rings. The minimum absolute atomic E-state index is 0.218. The van der Waals surface area contributed by atoms with Crippen LogP contribution < -0.4 is 4.74 Å². The standard InChI is InChI=1S/C22H28BrClN2O3/c1-22(2,3)29-21(27)26-11-9-14(10-12-26)5-7-16-19(24)17-13-15(23)6-8-18(17)25-20(16)28-4/h6,8,13-14H,5,7,9-12H2,1-4H3. The van der Waals surface area contributed by atoms with Crippen LogP contribution in [0.4, 0.5) is 4.79 Å². The Bertz CT molecular complexity index is 890. The number of benzene rings is 1. The molecule has 0 saturated carbocycles. The van der Waals surface area contributed by atoms with Gasteiger partial charge in [0.15, 0.2) is 0 Å². The van der Waals surface area contributed by atoms with E-state index in [-0.39, 0.29) is 6.09 Å². The molecule has 1 saturated heterocycles. The maximum absolute atomic E-state index is 12.2. The van der Waals surface area contributed by atoms with Gasteiger partial charge in [-0.1, -0.05) is 27.5 Å². The van der Waals surface area contributed by atoms with E-state index in [1.54, 1.807) is 7.11 Å². The second-order valence-corrected chi connectivity index (χ2v) is 9.82. The predicted octanol–water partition coefficient (Wildman–Crippen LogP) is 6.24. The lowest BCUT2D eigenvalue weighted by Crippen LogP contribution is -2.41. The summed E-state index contributed by atoms with van der Waals surface area (Å²) in [4.78, 5) is 18.7. The summed E-state index contributed by atoms with van der Waals surface area (Å²) < 4.78 is 12.0. The average molecular weight is 484 g/mol. The van der Waals surface area contributed by atoms with Crippen LogP contribution in [0.3, 0.4) is 0 Å². The first-order valence-electron chi connectivity index (χ1n) is 9.97. The Morgan fingerprint density at radius 3 is 2.62 bits per heavy atom. The lowest BCUT2D eigenvalue weighted by Gasteiger charge is -2.33. The summed E-state index contributed by atoms with van der Waals surface area (Å²) in [5.74, 6) is 1.13. The number of methoxy groups -OCH3 is 1. The zero-order valence-electron chi connectivity index (χ0n) is 17.4. The molecule has 158 valence electrons. The van der Waals surface area contributed by atoms with E-state index in [0.717, 1.165) is 59.7 Å². The van der Waals surface area contributed by atoms with E-state index in [2.05, 4.69) is 20.9 Å². The third kappa shape index (κ3) is 5.54. The van der Waals surface area contributed by atoms with Crippen molar-refractivity contribution in [3.8, 4) is 5.88 Å². The highest BCUT2D eigenvalue weighted by molar-refractivity contribution is 9.10. The van der Waals surface area contributed by atoms with Crippen LogP contribution >= 0.6 is 27.5 Å². The largest absolute Gasteiger partial charge is 0.481 e. The van der Waals surface area contributed by atoms with Gasteiger partial charge in [-0.25, -0.2) is 9.78 Å². The molecule has 0 N–H and O–H groups in total. The van der Waals surface area contributed by atoms with Crippen LogP contribution in [0, 0.1) is 5.92 Å². The van der Waals surface area contributed by atoms with Crippen molar-refractivity contribution < 1.29 is 14.3 Å². The summed E-state index contributed by atoms with van der Waals surface area (Å²) in [6.45, 7) is 7.14. The Hall–Kier alpha value is -1.53. The van der Waals surface area contributed by atoms with E-state index in [4.69, 9.17) is 21.1 Å². The smallest absolute Gasteiger partial charge is 0.410 e. The van der Waals surface area contributed by atoms with E-state index >= 15 is 0 Å². The van der Waals surface area contributed by atoms with Gasteiger partial charge in [-0.3, -0.25) is 0 Å². The quantitative estimate of drug-likeness (QED) is 0.516. The van der Waals surface area contributed by atoms with Gasteiger partial charge in [0.2, 0.25) is 5.88 Å². The number of likely N-dealkylation sites (tertiary alicyclic amines) is 1. The van der Waals surface area contributed by atoms with Gasteiger partial charge < -0.3 is 14.4 Å². The molecule has 7 heteroatoms. The number of rotatable bonds is 4. The highest BCUT2D eigenvalue weighted by atomic mass is 79.9. The van der Waals surface area contributed by atoms with Crippen LogP contribution in [0.2, 0.25) is 5.02 Å². The Labute approximate surface area is 185 Å². The van der Waals surface area contributed by atoms with Crippen molar-refractivity contribution in [2.75, 3.05) is 20.2 Å². The molecular weight excluding hydrogens is 456 g/mol. The molecule has 1 amide bonds. The summed E-state index contributed by atoms with van der Waals surface area (Å²) in [7, 11) is 1.63. The average Bonchev–Trinajstić information content (AvgIpc) is 2.66. The third-order valence-electron chi connectivity index (χ3n) is 5.20. The number of amides is 1. The molecule has 1 aliphatic rings. The Morgan fingerprint density at radius 1 is 1.31 bits per heavy atom. The number of aromatic nitrogens is 1. The molecule has 1 aromatic heterocycles. The lowest BCUT2D eigenvalue weighted by molar-refractivity contribution is 0.0181. The van der Waals surface area contributed by atoms with Crippen LogP contribution in [-0.4, -0.2) is 41.8 Å². The monoisotopic (exact) mass is 482 g/mol. The molecule has 29 heavy (non-hydrogen) atoms. The fraction of sp³-hybridized carbons (Fsp3) is 0.545. The van der Waals surface area contributed by atoms with Gasteiger partial charge >= 0.3 is 6.09 Å². The van der Waals surface area contributed by atoms with Crippen LogP contribution in [0.25, 0.3) is 10.9 Å². The first-order chi connectivity index (χ1) is 13.7. The number of nitrogens with zero attached hydrogens (tertiary/aromatic N) is 2. The molecule has 2 heterocycles. The maximum Gasteiger partial charge on any atom is 0.410 e. The van der Waals surface area contributed by atoms with Crippen molar-refractivity contribution in [1.82, 2.24) is 9.88 Å². The Morgan fingerprint density at radius 2 is 2.00 bits per heavy atom. The molecule has 0 atom stereocenters. The minimum Gasteiger partial charge on any atom is -0.481 e. The van der Waals surface area contributed by atoms with Gasteiger partial charge in [0.05, 0.1) is 17.6 Å². The molecule has 0 unspecified atom stereocenters. The summed E-state index contributed by atoms with van der Waals surface area (Å²) >= 11 is 10.2. The van der Waals surface area contributed by atoms with Crippen molar-refractivity contribution in [3.63, 3.8) is 0 Å². The molecule has 0 aliphatic carbocycles. The highest BCUT2D eigenvalue weighted by Crippen LogP contribution is 2.36. The van der Waals surface area contributed by atoms with Gasteiger partial charge in [-0.2, -0.15) is 0 Å². The van der Waals surface area contributed by atoms with Crippen molar-refractivity contribution >= 4 is 44.5 Å². The van der Waals surface area contributed by atoms with E-state index in [1.807, 2.05) is 43.9 Å². The molecule has 1 fully saturated rings. The second kappa shape index (κ2) is 9.09. The molecule has 0 radical (unpaired) electrons. The highest BCUT2D eigenvalue weighted by Gasteiger charge is 2.27. The molecule has 3 rings (SSSR count). The van der Waals surface area contributed by atoms with Gasteiger partial charge in [-0.05, 0) is 70.6 Å². The van der Waals surface area contributed by atoms with Gasteiger partial charge in [0, 0.05) is 28.5 Å². The number of hydrogen-bond donors (Lipinski definition) is 0. The number of ether oxygens (including phenoxy) is 2. The zero-order valence-corrected chi connectivity index (χ0v) is 19.8. The van der Waals surface area contributed by atoms with E-state index in [0.29, 0.717) is 16.8 Å². The fourth-order valence-electron chi connectivity index (χ4n) is 3.68. The number of halogens is 2. The number of pyridine rings is 1. The maximum atomic E-state index is 12.2. The topological polar surface area (TPSA) is 51.7 Å². The molecule has 0 bridgehead atoms. The molecule has 1 aromatic carbocycles. The van der Waals surface area contributed by atoms with E-state index in [1.165, 1.54) is 0 Å². The molecule has 0 spiro atoms. The predicted molar refractivity (Wildman–Crippen MR) is 120 cm³/mol. The molecule has 1 aliphatic heterocycles. The van der Waals surface area contributed by atoms with Crippen molar-refractivity contribution in [2.24, 2.45) is 5.92 Å². The van der Waals surface area contributed by atoms with Crippen molar-refractivity contribution in [1.29, 1.82) is 0 Å². The van der Waals surface area contributed by atoms with E-state index < -0.39 is 5.60 Å². The summed E-state index contributed by atoms with van der Waals surface area (Å²) in [5, 5.41) is 1.64. The first-order valence-corrected chi connectivity index (χ1v) is 11.1. The van der Waals surface area contributed by atoms with Gasteiger partial charge in [-0.15, -0.1) is 0 Å². The van der Waals surface area contributed by atoms with Crippen molar-refractivity contribution in [3.05, 3.63) is 33.3 Å². The molecular formula is C22H28BrClN2O3. The number of fused-ring (bicyclic) bond motifs is 1. The SMILES string of the molecule is COc1nc2ccc(Br)cc2c(Cl)c1CCC1CCN(C(=O)OC(C)(C)C)CC1. The number of carbonyl (C=O) groups is 1. The summed E-state index contributed by atoms with van der Waals surface area (Å²) in [5.41, 5.74) is 1.32. The van der Waals surface area contributed by atoms with Crippen LogP contribution in [-0.2, 0) is 11.2 Å².